The predicted octanol–water partition coefficient (Wildman–Crippen LogP) is 5.84. The van der Waals surface area contributed by atoms with Gasteiger partial charge in [0, 0.05) is 21.4 Å². The lowest BCUT2D eigenvalue weighted by Crippen LogP contribution is -2.27. The molecule has 4 heteroatoms. The van der Waals surface area contributed by atoms with E-state index in [2.05, 4.69) is 81.1 Å². The van der Waals surface area contributed by atoms with Gasteiger partial charge in [0.05, 0.1) is 2.88 Å². The Morgan fingerprint density at radius 3 is 3.00 bits per heavy atom. The van der Waals surface area contributed by atoms with Crippen LogP contribution >= 0.6 is 49.9 Å². The first-order valence-electron chi connectivity index (χ1n) is 6.93. The molecular formula is C16H17BrINS. The lowest BCUT2D eigenvalue weighted by atomic mass is 9.93. The highest BCUT2D eigenvalue weighted by Crippen LogP contribution is 2.37. The molecule has 3 rings (SSSR count). The number of benzene rings is 1. The zero-order valence-corrected chi connectivity index (χ0v) is 15.9. The molecular weight excluding hydrogens is 445 g/mol. The van der Waals surface area contributed by atoms with Crippen molar-refractivity contribution in [1.29, 1.82) is 0 Å². The van der Waals surface area contributed by atoms with Crippen LogP contribution in [-0.4, -0.2) is 0 Å². The minimum absolute atomic E-state index is 0.360. The van der Waals surface area contributed by atoms with E-state index in [4.69, 9.17) is 0 Å². The summed E-state index contributed by atoms with van der Waals surface area (Å²) in [6, 6.07) is 11.7. The quantitative estimate of drug-likeness (QED) is 0.566. The third-order valence-corrected chi connectivity index (χ3v) is 6.60. The van der Waals surface area contributed by atoms with Gasteiger partial charge in [0.25, 0.3) is 0 Å². The van der Waals surface area contributed by atoms with E-state index >= 15 is 0 Å². The van der Waals surface area contributed by atoms with Crippen molar-refractivity contribution in [2.24, 2.45) is 0 Å². The average molecular weight is 462 g/mol. The second-order valence-electron chi connectivity index (χ2n) is 5.28. The molecule has 1 aliphatic carbocycles. The molecule has 0 fully saturated rings. The van der Waals surface area contributed by atoms with E-state index in [1.165, 1.54) is 37.7 Å². The number of thiophene rings is 1. The molecule has 0 saturated carbocycles. The van der Waals surface area contributed by atoms with Crippen LogP contribution in [0, 0.1) is 2.88 Å². The van der Waals surface area contributed by atoms with Gasteiger partial charge in [-0.3, -0.25) is 0 Å². The highest BCUT2D eigenvalue weighted by molar-refractivity contribution is 14.1. The molecule has 0 bridgehead atoms. The Bertz CT molecular complexity index is 610. The molecule has 106 valence electrons. The van der Waals surface area contributed by atoms with Crippen LogP contribution in [-0.2, 0) is 6.42 Å². The molecule has 1 N–H and O–H groups in total. The van der Waals surface area contributed by atoms with Crippen LogP contribution < -0.4 is 5.32 Å². The van der Waals surface area contributed by atoms with E-state index in [0.717, 1.165) is 0 Å². The summed E-state index contributed by atoms with van der Waals surface area (Å²) in [5.74, 6) is 0. The average Bonchev–Trinajstić information content (AvgIpc) is 2.80. The first-order chi connectivity index (χ1) is 9.65. The van der Waals surface area contributed by atoms with Crippen molar-refractivity contribution in [1.82, 2.24) is 5.32 Å². The zero-order valence-electron chi connectivity index (χ0n) is 11.3. The normalized spacial score (nSPS) is 19.6. The SMILES string of the molecule is C[C@H](NC1CCCc2sc(I)cc21)c1ccccc1Br. The Kier molecular flexibility index (Phi) is 4.85. The van der Waals surface area contributed by atoms with Crippen molar-refractivity contribution in [2.45, 2.75) is 38.3 Å². The number of rotatable bonds is 3. The predicted molar refractivity (Wildman–Crippen MR) is 98.4 cm³/mol. The molecule has 0 saturated heterocycles. The Balaban J connectivity index is 1.80. The Morgan fingerprint density at radius 2 is 2.20 bits per heavy atom. The molecule has 1 heterocycles. The van der Waals surface area contributed by atoms with Gasteiger partial charge in [0.2, 0.25) is 0 Å². The topological polar surface area (TPSA) is 12.0 Å². The van der Waals surface area contributed by atoms with Crippen molar-refractivity contribution >= 4 is 49.9 Å². The molecule has 1 nitrogen and oxygen atoms in total. The van der Waals surface area contributed by atoms with Crippen LogP contribution in [0.25, 0.3) is 0 Å². The molecule has 0 aliphatic heterocycles. The molecule has 1 unspecified atom stereocenters. The highest BCUT2D eigenvalue weighted by Gasteiger charge is 2.24. The Morgan fingerprint density at radius 1 is 1.40 bits per heavy atom. The molecule has 1 aromatic heterocycles. The maximum atomic E-state index is 3.82. The zero-order chi connectivity index (χ0) is 14.1. The van der Waals surface area contributed by atoms with Crippen molar-refractivity contribution in [3.63, 3.8) is 0 Å². The van der Waals surface area contributed by atoms with Crippen molar-refractivity contribution in [3.05, 3.63) is 53.7 Å². The largest absolute Gasteiger partial charge is 0.303 e. The van der Waals surface area contributed by atoms with Gasteiger partial charge in [0.1, 0.15) is 0 Å². The van der Waals surface area contributed by atoms with E-state index in [0.29, 0.717) is 12.1 Å². The molecule has 0 radical (unpaired) electrons. The number of aryl methyl sites for hydroxylation is 1. The first kappa shape index (κ1) is 15.0. The fourth-order valence-corrected chi connectivity index (χ4v) is 5.66. The summed E-state index contributed by atoms with van der Waals surface area (Å²) >= 11 is 8.06. The van der Waals surface area contributed by atoms with Gasteiger partial charge in [-0.2, -0.15) is 0 Å². The van der Waals surface area contributed by atoms with E-state index < -0.39 is 0 Å². The van der Waals surface area contributed by atoms with E-state index in [1.54, 1.807) is 4.88 Å². The summed E-state index contributed by atoms with van der Waals surface area (Å²) in [5.41, 5.74) is 2.87. The van der Waals surface area contributed by atoms with Gasteiger partial charge in [-0.05, 0) is 72.0 Å². The number of halogens is 2. The lowest BCUT2D eigenvalue weighted by Gasteiger charge is -2.27. The van der Waals surface area contributed by atoms with E-state index in [1.807, 2.05) is 11.3 Å². The van der Waals surface area contributed by atoms with Crippen molar-refractivity contribution in [3.8, 4) is 0 Å². The maximum Gasteiger partial charge on any atom is 0.0659 e. The van der Waals surface area contributed by atoms with Crippen LogP contribution in [0.5, 0.6) is 0 Å². The summed E-state index contributed by atoms with van der Waals surface area (Å²) in [7, 11) is 0. The monoisotopic (exact) mass is 461 g/mol. The second kappa shape index (κ2) is 6.46. The lowest BCUT2D eigenvalue weighted by molar-refractivity contribution is 0.417. The number of hydrogen-bond donors (Lipinski definition) is 1. The summed E-state index contributed by atoms with van der Waals surface area (Å²) in [4.78, 5) is 1.58. The number of hydrogen-bond acceptors (Lipinski definition) is 2. The fraction of sp³-hybridized carbons (Fsp3) is 0.375. The summed E-state index contributed by atoms with van der Waals surface area (Å²) in [5, 5.41) is 3.82. The van der Waals surface area contributed by atoms with Crippen molar-refractivity contribution in [2.75, 3.05) is 0 Å². The highest BCUT2D eigenvalue weighted by atomic mass is 127. The standard InChI is InChI=1S/C16H17BrINS/c1-10(11-5-2-3-6-13(11)17)19-14-7-4-8-15-12(14)9-16(18)20-15/h2-3,5-6,9-10,14,19H,4,7-8H2,1H3/t10-,14?/m0/s1. The van der Waals surface area contributed by atoms with Gasteiger partial charge in [-0.25, -0.2) is 0 Å². The van der Waals surface area contributed by atoms with E-state index in [9.17, 15) is 0 Å². The third-order valence-electron chi connectivity index (χ3n) is 3.91. The molecule has 0 amide bonds. The van der Waals surface area contributed by atoms with Crippen LogP contribution in [0.3, 0.4) is 0 Å². The molecule has 2 aromatic rings. The van der Waals surface area contributed by atoms with Crippen LogP contribution in [0.15, 0.2) is 34.8 Å². The summed E-state index contributed by atoms with van der Waals surface area (Å²) < 4.78 is 2.60. The van der Waals surface area contributed by atoms with Crippen LogP contribution in [0.4, 0.5) is 0 Å². The molecule has 2 atom stereocenters. The molecule has 0 spiro atoms. The smallest absolute Gasteiger partial charge is 0.0659 e. The minimum atomic E-state index is 0.360. The molecule has 1 aliphatic rings. The summed E-state index contributed by atoms with van der Waals surface area (Å²) in [6.07, 6.45) is 3.79. The first-order valence-corrected chi connectivity index (χ1v) is 9.62. The van der Waals surface area contributed by atoms with Gasteiger partial charge in [0.15, 0.2) is 0 Å². The maximum absolute atomic E-state index is 3.82. The van der Waals surface area contributed by atoms with Gasteiger partial charge in [-0.1, -0.05) is 34.1 Å². The van der Waals surface area contributed by atoms with Gasteiger partial charge < -0.3 is 5.32 Å². The Labute approximate surface area is 146 Å². The molecule has 20 heavy (non-hydrogen) atoms. The second-order valence-corrected chi connectivity index (χ2v) is 9.17. The van der Waals surface area contributed by atoms with Crippen LogP contribution in [0.1, 0.15) is 47.9 Å². The number of fused-ring (bicyclic) bond motifs is 1. The van der Waals surface area contributed by atoms with Crippen molar-refractivity contribution < 1.29 is 0 Å². The fourth-order valence-electron chi connectivity index (χ4n) is 2.91. The third kappa shape index (κ3) is 3.13. The van der Waals surface area contributed by atoms with E-state index in [-0.39, 0.29) is 0 Å². The van der Waals surface area contributed by atoms with Gasteiger partial charge in [-0.15, -0.1) is 11.3 Å². The minimum Gasteiger partial charge on any atom is -0.303 e. The van der Waals surface area contributed by atoms with Gasteiger partial charge >= 0.3 is 0 Å². The summed E-state index contributed by atoms with van der Waals surface area (Å²) in [6.45, 7) is 2.26. The van der Waals surface area contributed by atoms with Crippen LogP contribution in [0.2, 0.25) is 0 Å². The number of nitrogens with one attached hydrogen (secondary N) is 1. The Hall–Kier alpha value is 0.0900. The molecule has 1 aromatic carbocycles.